The largest absolute Gasteiger partial charge is 0.416 e. The van der Waals surface area contributed by atoms with Crippen molar-refractivity contribution in [3.05, 3.63) is 82.2 Å². The molecule has 0 saturated carbocycles. The van der Waals surface area contributed by atoms with Crippen LogP contribution in [-0.2, 0) is 12.6 Å². The van der Waals surface area contributed by atoms with Crippen LogP contribution >= 0.6 is 0 Å². The summed E-state index contributed by atoms with van der Waals surface area (Å²) in [7, 11) is 2.05. The second-order valence-electron chi connectivity index (χ2n) is 9.38. The third-order valence-corrected chi connectivity index (χ3v) is 6.40. The molecule has 2 heterocycles. The number of amides is 1. The Bertz CT molecular complexity index is 1350. The number of aromatic nitrogens is 2. The van der Waals surface area contributed by atoms with E-state index in [9.17, 15) is 18.0 Å². The summed E-state index contributed by atoms with van der Waals surface area (Å²) in [6.45, 7) is 6.12. The maximum absolute atomic E-state index is 13.6. The summed E-state index contributed by atoms with van der Waals surface area (Å²) in [6.07, 6.45) is -1.08. The van der Waals surface area contributed by atoms with Crippen molar-refractivity contribution in [2.24, 2.45) is 0 Å². The normalized spacial score (nSPS) is 14.6. The van der Waals surface area contributed by atoms with Gasteiger partial charge in [0.05, 0.1) is 11.1 Å². The molecule has 3 N–H and O–H groups in total. The zero-order valence-electron chi connectivity index (χ0n) is 21.3. The summed E-state index contributed by atoms with van der Waals surface area (Å²) < 4.78 is 40.9. The summed E-state index contributed by atoms with van der Waals surface area (Å²) >= 11 is 0. The summed E-state index contributed by atoms with van der Waals surface area (Å²) in [5.41, 5.74) is 7.62. The van der Waals surface area contributed by atoms with E-state index in [2.05, 4.69) is 44.0 Å². The van der Waals surface area contributed by atoms with Crippen LogP contribution in [-0.4, -0.2) is 65.4 Å². The first-order chi connectivity index (χ1) is 18.1. The molecule has 0 radical (unpaired) electrons. The van der Waals surface area contributed by atoms with E-state index in [0.717, 1.165) is 43.9 Å². The molecule has 10 heteroatoms. The molecular formula is C28H29F3N6O. The first-order valence-corrected chi connectivity index (χ1v) is 12.2. The molecule has 0 atom stereocenters. The molecule has 0 bridgehead atoms. The minimum absolute atomic E-state index is 0.102. The minimum atomic E-state index is -4.53. The van der Waals surface area contributed by atoms with Gasteiger partial charge in [0.25, 0.3) is 5.91 Å². The van der Waals surface area contributed by atoms with Crippen LogP contribution in [0.4, 0.5) is 24.8 Å². The van der Waals surface area contributed by atoms with Crippen LogP contribution in [0.25, 0.3) is 0 Å². The molecule has 0 spiro atoms. The van der Waals surface area contributed by atoms with Gasteiger partial charge in [-0.3, -0.25) is 4.79 Å². The van der Waals surface area contributed by atoms with Gasteiger partial charge in [-0.05, 0) is 61.9 Å². The molecular weight excluding hydrogens is 493 g/mol. The van der Waals surface area contributed by atoms with E-state index in [1.807, 2.05) is 6.92 Å². The van der Waals surface area contributed by atoms with Crippen molar-refractivity contribution in [2.75, 3.05) is 50.8 Å². The lowest BCUT2D eigenvalue weighted by Gasteiger charge is -2.32. The monoisotopic (exact) mass is 522 g/mol. The fourth-order valence-corrected chi connectivity index (χ4v) is 4.07. The second kappa shape index (κ2) is 11.6. The molecule has 4 rings (SSSR count). The molecule has 0 aliphatic carbocycles. The first kappa shape index (κ1) is 27.1. The van der Waals surface area contributed by atoms with Gasteiger partial charge in [-0.2, -0.15) is 13.2 Å². The van der Waals surface area contributed by atoms with E-state index in [0.29, 0.717) is 29.7 Å². The van der Waals surface area contributed by atoms with Gasteiger partial charge < -0.3 is 20.9 Å². The van der Waals surface area contributed by atoms with Crippen LogP contribution in [0.2, 0.25) is 0 Å². The third-order valence-electron chi connectivity index (χ3n) is 6.40. The number of hydrogen-bond donors (Lipinski definition) is 2. The molecule has 198 valence electrons. The fourth-order valence-electron chi connectivity index (χ4n) is 4.07. The van der Waals surface area contributed by atoms with E-state index in [1.54, 1.807) is 24.3 Å². The minimum Gasteiger partial charge on any atom is -0.368 e. The Kier molecular flexibility index (Phi) is 8.29. The number of likely N-dealkylation sites (N-methyl/N-ethyl adjacent to an activating group) is 1. The highest BCUT2D eigenvalue weighted by Gasteiger charge is 2.31. The number of halogens is 3. The standard InChI is InChI=1S/C28H29F3N6O/c1-19-3-5-23(15-22(19)6-4-21-17-33-27(32)34-18-21)26(38)35-25-14-20(13-24(16-25)28(29,30)31)7-8-37-11-9-36(2)10-12-37/h3,5,13-18H,7-12H2,1-2H3,(H,35,38)(H2,32,33,34). The van der Waals surface area contributed by atoms with Gasteiger partial charge in [0, 0.05) is 61.9 Å². The number of nitrogens with two attached hydrogens (primary N) is 1. The van der Waals surface area contributed by atoms with Crippen molar-refractivity contribution in [1.29, 1.82) is 0 Å². The highest BCUT2D eigenvalue weighted by molar-refractivity contribution is 6.04. The van der Waals surface area contributed by atoms with Gasteiger partial charge in [-0.25, -0.2) is 9.97 Å². The maximum atomic E-state index is 13.6. The maximum Gasteiger partial charge on any atom is 0.416 e. The van der Waals surface area contributed by atoms with Gasteiger partial charge in [0.2, 0.25) is 5.95 Å². The predicted octanol–water partition coefficient (Wildman–Crippen LogP) is 3.83. The van der Waals surface area contributed by atoms with E-state index in [-0.39, 0.29) is 17.2 Å². The quantitative estimate of drug-likeness (QED) is 0.496. The molecule has 3 aromatic rings. The SMILES string of the molecule is Cc1ccc(C(=O)Nc2cc(CCN3CCN(C)CC3)cc(C(F)(F)F)c2)cc1C#Cc1cnc(N)nc1. The van der Waals surface area contributed by atoms with Crippen LogP contribution in [0.15, 0.2) is 48.8 Å². The van der Waals surface area contributed by atoms with Crippen LogP contribution < -0.4 is 11.1 Å². The number of hydrogen-bond acceptors (Lipinski definition) is 6. The number of nitrogens with zero attached hydrogens (tertiary/aromatic N) is 4. The summed E-state index contributed by atoms with van der Waals surface area (Å²) in [5.74, 6) is 5.54. The highest BCUT2D eigenvalue weighted by atomic mass is 19.4. The van der Waals surface area contributed by atoms with Crippen LogP contribution in [0.1, 0.15) is 38.2 Å². The van der Waals surface area contributed by atoms with Crippen molar-refractivity contribution in [3.8, 4) is 11.8 Å². The van der Waals surface area contributed by atoms with E-state index < -0.39 is 17.6 Å². The van der Waals surface area contributed by atoms with E-state index >= 15 is 0 Å². The summed E-state index contributed by atoms with van der Waals surface area (Å²) in [5, 5.41) is 2.64. The first-order valence-electron chi connectivity index (χ1n) is 12.2. The molecule has 0 unspecified atom stereocenters. The molecule has 1 amide bonds. The zero-order valence-corrected chi connectivity index (χ0v) is 21.3. The lowest BCUT2D eigenvalue weighted by molar-refractivity contribution is -0.137. The van der Waals surface area contributed by atoms with Crippen LogP contribution in [0.3, 0.4) is 0 Å². The Morgan fingerprint density at radius 1 is 1.05 bits per heavy atom. The lowest BCUT2D eigenvalue weighted by Crippen LogP contribution is -2.45. The smallest absolute Gasteiger partial charge is 0.368 e. The zero-order chi connectivity index (χ0) is 27.3. The van der Waals surface area contributed by atoms with Crippen LogP contribution in [0, 0.1) is 18.8 Å². The Morgan fingerprint density at radius 3 is 2.45 bits per heavy atom. The Hall–Kier alpha value is -3.94. The third kappa shape index (κ3) is 7.31. The molecule has 7 nitrogen and oxygen atoms in total. The second-order valence-corrected chi connectivity index (χ2v) is 9.38. The number of rotatable bonds is 5. The number of piperazine rings is 1. The lowest BCUT2D eigenvalue weighted by atomic mass is 10.0. The molecule has 1 fully saturated rings. The average molecular weight is 523 g/mol. The molecule has 2 aromatic carbocycles. The van der Waals surface area contributed by atoms with Crippen molar-refractivity contribution in [2.45, 2.75) is 19.5 Å². The number of nitrogen functional groups attached to an aromatic ring is 1. The number of aryl methyl sites for hydroxylation is 1. The topological polar surface area (TPSA) is 87.4 Å². The van der Waals surface area contributed by atoms with Gasteiger partial charge in [-0.15, -0.1) is 0 Å². The number of nitrogens with one attached hydrogen (secondary N) is 1. The molecule has 1 saturated heterocycles. The van der Waals surface area contributed by atoms with E-state index in [1.165, 1.54) is 12.4 Å². The van der Waals surface area contributed by atoms with Gasteiger partial charge >= 0.3 is 6.18 Å². The Labute approximate surface area is 219 Å². The Balaban J connectivity index is 1.51. The Morgan fingerprint density at radius 2 is 1.76 bits per heavy atom. The van der Waals surface area contributed by atoms with Gasteiger partial charge in [0.1, 0.15) is 0 Å². The number of alkyl halides is 3. The fraction of sp³-hybridized carbons (Fsp3) is 0.321. The van der Waals surface area contributed by atoms with Crippen LogP contribution in [0.5, 0.6) is 0 Å². The van der Waals surface area contributed by atoms with E-state index in [4.69, 9.17) is 5.73 Å². The molecule has 38 heavy (non-hydrogen) atoms. The number of benzene rings is 2. The number of carbonyl (C=O) groups is 1. The van der Waals surface area contributed by atoms with Crippen molar-refractivity contribution in [1.82, 2.24) is 19.8 Å². The van der Waals surface area contributed by atoms with Crippen molar-refractivity contribution >= 4 is 17.5 Å². The van der Waals surface area contributed by atoms with Crippen molar-refractivity contribution in [3.63, 3.8) is 0 Å². The predicted molar refractivity (Wildman–Crippen MR) is 141 cm³/mol. The van der Waals surface area contributed by atoms with Gasteiger partial charge in [-0.1, -0.05) is 17.9 Å². The number of anilines is 2. The molecule has 1 aromatic heterocycles. The van der Waals surface area contributed by atoms with Gasteiger partial charge in [0.15, 0.2) is 0 Å². The summed E-state index contributed by atoms with van der Waals surface area (Å²) in [6, 6.07) is 8.70. The average Bonchev–Trinajstić information content (AvgIpc) is 2.88. The van der Waals surface area contributed by atoms with Crippen molar-refractivity contribution < 1.29 is 18.0 Å². The highest BCUT2D eigenvalue weighted by Crippen LogP contribution is 2.32. The summed E-state index contributed by atoms with van der Waals surface area (Å²) in [4.78, 5) is 25.3. The molecule has 1 aliphatic heterocycles. The molecule has 1 aliphatic rings. The number of carbonyl (C=O) groups excluding carboxylic acids is 1.